The van der Waals surface area contributed by atoms with Gasteiger partial charge in [-0.05, 0) is 44.0 Å². The molecule has 1 aromatic carbocycles. The van der Waals surface area contributed by atoms with Crippen molar-refractivity contribution in [2.45, 2.75) is 40.2 Å². The first-order valence-corrected chi connectivity index (χ1v) is 8.37. The van der Waals surface area contributed by atoms with E-state index in [9.17, 15) is 14.4 Å². The van der Waals surface area contributed by atoms with Gasteiger partial charge in [-0.1, -0.05) is 13.8 Å². The first-order valence-electron chi connectivity index (χ1n) is 8.37. The van der Waals surface area contributed by atoms with E-state index in [-0.39, 0.29) is 36.9 Å². The summed E-state index contributed by atoms with van der Waals surface area (Å²) in [4.78, 5) is 36.6. The number of nitrogens with zero attached hydrogens (tertiary/aromatic N) is 1. The maximum absolute atomic E-state index is 12.6. The van der Waals surface area contributed by atoms with Gasteiger partial charge in [-0.25, -0.2) is 4.79 Å². The lowest BCUT2D eigenvalue weighted by Gasteiger charge is -2.24. The molecule has 0 aromatic heterocycles. The molecule has 3 amide bonds. The van der Waals surface area contributed by atoms with Crippen molar-refractivity contribution in [3.8, 4) is 0 Å². The molecule has 7 nitrogen and oxygen atoms in total. The van der Waals surface area contributed by atoms with Gasteiger partial charge in [0.2, 0.25) is 0 Å². The van der Waals surface area contributed by atoms with Crippen LogP contribution in [0, 0.1) is 5.92 Å². The molecule has 0 fully saturated rings. The van der Waals surface area contributed by atoms with Crippen molar-refractivity contribution in [2.75, 3.05) is 18.4 Å². The van der Waals surface area contributed by atoms with E-state index in [4.69, 9.17) is 5.11 Å². The Morgan fingerprint density at radius 3 is 2.16 bits per heavy atom. The Bertz CT molecular complexity index is 597. The van der Waals surface area contributed by atoms with Crippen LogP contribution in [0.15, 0.2) is 24.3 Å². The van der Waals surface area contributed by atoms with E-state index < -0.39 is 5.97 Å². The van der Waals surface area contributed by atoms with Crippen LogP contribution in [-0.4, -0.2) is 47.0 Å². The zero-order valence-electron chi connectivity index (χ0n) is 15.2. The number of benzene rings is 1. The topological polar surface area (TPSA) is 98.7 Å². The number of carbonyl (C=O) groups excluding carboxylic acids is 2. The SMILES string of the molecule is CC(C)CN(CCC(=O)O)C(=O)c1ccc(NC(=O)NC(C)C)cc1. The van der Waals surface area contributed by atoms with E-state index in [2.05, 4.69) is 10.6 Å². The number of amides is 3. The Morgan fingerprint density at radius 2 is 1.68 bits per heavy atom. The Kier molecular flexibility index (Phi) is 7.91. The van der Waals surface area contributed by atoms with E-state index in [1.54, 1.807) is 29.2 Å². The summed E-state index contributed by atoms with van der Waals surface area (Å²) in [6, 6.07) is 6.27. The number of urea groups is 1. The van der Waals surface area contributed by atoms with Crippen LogP contribution in [0.2, 0.25) is 0 Å². The molecule has 138 valence electrons. The van der Waals surface area contributed by atoms with Gasteiger partial charge in [-0.15, -0.1) is 0 Å². The quantitative estimate of drug-likeness (QED) is 0.672. The van der Waals surface area contributed by atoms with E-state index in [0.717, 1.165) is 0 Å². The number of carboxylic acids is 1. The normalized spacial score (nSPS) is 10.6. The van der Waals surface area contributed by atoms with Crippen molar-refractivity contribution in [1.29, 1.82) is 0 Å². The molecule has 1 rings (SSSR count). The molecule has 0 heterocycles. The lowest BCUT2D eigenvalue weighted by molar-refractivity contribution is -0.137. The highest BCUT2D eigenvalue weighted by Gasteiger charge is 2.18. The van der Waals surface area contributed by atoms with Crippen molar-refractivity contribution in [2.24, 2.45) is 5.92 Å². The van der Waals surface area contributed by atoms with Crippen molar-refractivity contribution < 1.29 is 19.5 Å². The molecule has 0 aliphatic carbocycles. The van der Waals surface area contributed by atoms with Gasteiger partial charge in [-0.2, -0.15) is 0 Å². The van der Waals surface area contributed by atoms with Crippen molar-refractivity contribution in [1.82, 2.24) is 10.2 Å². The van der Waals surface area contributed by atoms with Crippen LogP contribution in [0.25, 0.3) is 0 Å². The molecule has 0 atom stereocenters. The lowest BCUT2D eigenvalue weighted by atomic mass is 10.1. The molecule has 0 spiro atoms. The summed E-state index contributed by atoms with van der Waals surface area (Å²) in [5.41, 5.74) is 1.04. The Morgan fingerprint density at radius 1 is 1.08 bits per heavy atom. The van der Waals surface area contributed by atoms with Gasteiger partial charge < -0.3 is 20.6 Å². The van der Waals surface area contributed by atoms with Gasteiger partial charge in [0.05, 0.1) is 6.42 Å². The van der Waals surface area contributed by atoms with Gasteiger partial charge in [0.1, 0.15) is 0 Å². The standard InChI is InChI=1S/C18H27N3O4/c1-12(2)11-21(10-9-16(22)23)17(24)14-5-7-15(8-6-14)20-18(25)19-13(3)4/h5-8,12-13H,9-11H2,1-4H3,(H,22,23)(H2,19,20,25). The smallest absolute Gasteiger partial charge is 0.319 e. The number of hydrogen-bond donors (Lipinski definition) is 3. The highest BCUT2D eigenvalue weighted by Crippen LogP contribution is 2.13. The van der Waals surface area contributed by atoms with Crippen LogP contribution in [0.5, 0.6) is 0 Å². The van der Waals surface area contributed by atoms with Gasteiger partial charge in [-0.3, -0.25) is 9.59 Å². The molecular formula is C18H27N3O4. The molecule has 0 radical (unpaired) electrons. The molecule has 25 heavy (non-hydrogen) atoms. The predicted molar refractivity (Wildman–Crippen MR) is 96.7 cm³/mol. The molecule has 0 bridgehead atoms. The van der Waals surface area contributed by atoms with E-state index >= 15 is 0 Å². The number of hydrogen-bond acceptors (Lipinski definition) is 3. The number of nitrogens with one attached hydrogen (secondary N) is 2. The second-order valence-corrected chi connectivity index (χ2v) is 6.62. The van der Waals surface area contributed by atoms with Crippen LogP contribution in [0.4, 0.5) is 10.5 Å². The lowest BCUT2D eigenvalue weighted by Crippen LogP contribution is -2.36. The summed E-state index contributed by atoms with van der Waals surface area (Å²) in [5.74, 6) is -0.913. The van der Waals surface area contributed by atoms with E-state index in [1.807, 2.05) is 27.7 Å². The van der Waals surface area contributed by atoms with Crippen LogP contribution in [0.1, 0.15) is 44.5 Å². The van der Waals surface area contributed by atoms with Gasteiger partial charge in [0, 0.05) is 30.4 Å². The molecule has 1 aromatic rings. The summed E-state index contributed by atoms with van der Waals surface area (Å²) in [5, 5.41) is 14.3. The zero-order chi connectivity index (χ0) is 19.0. The Labute approximate surface area is 148 Å². The van der Waals surface area contributed by atoms with Gasteiger partial charge in [0.15, 0.2) is 0 Å². The number of carbonyl (C=O) groups is 3. The van der Waals surface area contributed by atoms with Gasteiger partial charge >= 0.3 is 12.0 Å². The Balaban J connectivity index is 2.78. The van der Waals surface area contributed by atoms with Crippen LogP contribution < -0.4 is 10.6 Å². The third-order valence-corrected chi connectivity index (χ3v) is 3.28. The summed E-state index contributed by atoms with van der Waals surface area (Å²) >= 11 is 0. The fourth-order valence-electron chi connectivity index (χ4n) is 2.26. The average Bonchev–Trinajstić information content (AvgIpc) is 2.50. The summed E-state index contributed by atoms with van der Waals surface area (Å²) in [6.45, 7) is 8.33. The highest BCUT2D eigenvalue weighted by atomic mass is 16.4. The first-order chi connectivity index (χ1) is 11.7. The van der Waals surface area contributed by atoms with E-state index in [0.29, 0.717) is 17.8 Å². The minimum absolute atomic E-state index is 0.0275. The van der Waals surface area contributed by atoms with Crippen LogP contribution >= 0.6 is 0 Å². The second-order valence-electron chi connectivity index (χ2n) is 6.62. The molecule has 0 aliphatic heterocycles. The molecular weight excluding hydrogens is 322 g/mol. The number of carboxylic acid groups (broad SMARTS) is 1. The maximum Gasteiger partial charge on any atom is 0.319 e. The number of aliphatic carboxylic acids is 1. The highest BCUT2D eigenvalue weighted by molar-refractivity contribution is 5.95. The summed E-state index contributed by atoms with van der Waals surface area (Å²) < 4.78 is 0. The largest absolute Gasteiger partial charge is 0.481 e. The third kappa shape index (κ3) is 7.69. The monoisotopic (exact) mass is 349 g/mol. The minimum Gasteiger partial charge on any atom is -0.481 e. The first kappa shape index (κ1) is 20.5. The maximum atomic E-state index is 12.6. The fourth-order valence-corrected chi connectivity index (χ4v) is 2.26. The number of anilines is 1. The molecule has 7 heteroatoms. The number of rotatable bonds is 8. The van der Waals surface area contributed by atoms with Gasteiger partial charge in [0.25, 0.3) is 5.91 Å². The average molecular weight is 349 g/mol. The minimum atomic E-state index is -0.933. The van der Waals surface area contributed by atoms with Crippen molar-refractivity contribution in [3.63, 3.8) is 0 Å². The summed E-state index contributed by atoms with van der Waals surface area (Å²) in [6.07, 6.45) is -0.0898. The summed E-state index contributed by atoms with van der Waals surface area (Å²) in [7, 11) is 0. The Hall–Kier alpha value is -2.57. The molecule has 0 saturated carbocycles. The van der Waals surface area contributed by atoms with Crippen LogP contribution in [0.3, 0.4) is 0 Å². The van der Waals surface area contributed by atoms with E-state index in [1.165, 1.54) is 0 Å². The predicted octanol–water partition coefficient (Wildman–Crippen LogP) is 2.79. The zero-order valence-corrected chi connectivity index (χ0v) is 15.2. The fraction of sp³-hybridized carbons (Fsp3) is 0.500. The third-order valence-electron chi connectivity index (χ3n) is 3.28. The molecule has 0 saturated heterocycles. The molecule has 0 aliphatic rings. The molecule has 0 unspecified atom stereocenters. The van der Waals surface area contributed by atoms with Crippen LogP contribution in [-0.2, 0) is 4.79 Å². The van der Waals surface area contributed by atoms with Crippen molar-refractivity contribution in [3.05, 3.63) is 29.8 Å². The van der Waals surface area contributed by atoms with Crippen molar-refractivity contribution >= 4 is 23.6 Å². The second kappa shape index (κ2) is 9.66. The molecule has 3 N–H and O–H groups in total.